The zero-order chi connectivity index (χ0) is 14.8. The van der Waals surface area contributed by atoms with Crippen molar-refractivity contribution in [3.8, 4) is 0 Å². The third-order valence-electron chi connectivity index (χ3n) is 4.52. The molecule has 1 aromatic rings. The number of rotatable bonds is 5. The zero-order valence-electron chi connectivity index (χ0n) is 12.5. The lowest BCUT2D eigenvalue weighted by molar-refractivity contribution is 0.203. The van der Waals surface area contributed by atoms with Gasteiger partial charge >= 0.3 is 6.03 Å². The van der Waals surface area contributed by atoms with E-state index < -0.39 is 0 Å². The topological polar surface area (TPSA) is 23.6 Å². The molecule has 1 aliphatic heterocycles. The van der Waals surface area contributed by atoms with Crippen LogP contribution in [0.5, 0.6) is 0 Å². The molecule has 0 saturated heterocycles. The Hall–Kier alpha value is -1.03. The number of nitrogens with zero attached hydrogens (tertiary/aromatic N) is 2. The molecule has 4 heteroatoms. The van der Waals surface area contributed by atoms with Crippen molar-refractivity contribution in [3.05, 3.63) is 29.8 Å². The molecule has 0 aromatic heterocycles. The van der Waals surface area contributed by atoms with Crippen LogP contribution < -0.4 is 4.90 Å². The summed E-state index contributed by atoms with van der Waals surface area (Å²) in [7, 11) is 1.87. The normalized spacial score (nSPS) is 15.5. The first-order valence-electron chi connectivity index (χ1n) is 7.23. The van der Waals surface area contributed by atoms with E-state index in [1.807, 2.05) is 24.1 Å². The first-order chi connectivity index (χ1) is 9.56. The molecule has 0 saturated carbocycles. The fraction of sp³-hybridized carbons (Fsp3) is 0.562. The van der Waals surface area contributed by atoms with E-state index in [1.54, 1.807) is 4.90 Å². The van der Waals surface area contributed by atoms with Crippen LogP contribution in [0.3, 0.4) is 0 Å². The second kappa shape index (κ2) is 6.17. The summed E-state index contributed by atoms with van der Waals surface area (Å²) in [6.45, 7) is 5.88. The first-order valence-corrected chi connectivity index (χ1v) is 8.35. The van der Waals surface area contributed by atoms with Crippen LogP contribution in [-0.2, 0) is 6.54 Å². The molecule has 0 atom stereocenters. The molecular formula is C16H23BrN2O. The average Bonchev–Trinajstić information content (AvgIpc) is 2.49. The highest BCUT2D eigenvalue weighted by Gasteiger charge is 2.35. The minimum Gasteiger partial charge on any atom is -0.323 e. The van der Waals surface area contributed by atoms with E-state index in [2.05, 4.69) is 41.9 Å². The van der Waals surface area contributed by atoms with Crippen LogP contribution in [0.25, 0.3) is 0 Å². The number of alkyl halides is 1. The van der Waals surface area contributed by atoms with Crippen molar-refractivity contribution in [3.63, 3.8) is 0 Å². The quantitative estimate of drug-likeness (QED) is 0.735. The Balaban J connectivity index is 2.37. The van der Waals surface area contributed by atoms with Gasteiger partial charge < -0.3 is 4.90 Å². The molecule has 0 bridgehead atoms. The Bertz CT molecular complexity index is 477. The number of fused-ring (bicyclic) bond motifs is 1. The van der Waals surface area contributed by atoms with Gasteiger partial charge in [-0.3, -0.25) is 4.90 Å². The summed E-state index contributed by atoms with van der Waals surface area (Å²) in [5, 5.41) is 0.919. The van der Waals surface area contributed by atoms with E-state index in [4.69, 9.17) is 0 Å². The number of anilines is 1. The number of hydrogen-bond acceptors (Lipinski definition) is 1. The van der Waals surface area contributed by atoms with Crippen LogP contribution in [0.2, 0.25) is 0 Å². The number of amides is 2. The largest absolute Gasteiger partial charge is 0.324 e. The monoisotopic (exact) mass is 338 g/mol. The van der Waals surface area contributed by atoms with Crippen molar-refractivity contribution in [1.82, 2.24) is 4.90 Å². The van der Waals surface area contributed by atoms with Crippen LogP contribution in [0.15, 0.2) is 24.3 Å². The summed E-state index contributed by atoms with van der Waals surface area (Å²) >= 11 is 3.64. The number of halogens is 1. The number of carbonyl (C=O) groups excluding carboxylic acids is 1. The average molecular weight is 339 g/mol. The maximum Gasteiger partial charge on any atom is 0.324 e. The van der Waals surface area contributed by atoms with Gasteiger partial charge in [0.15, 0.2) is 0 Å². The first kappa shape index (κ1) is 15.4. The van der Waals surface area contributed by atoms with Crippen molar-refractivity contribution in [2.75, 3.05) is 23.8 Å². The van der Waals surface area contributed by atoms with Crippen molar-refractivity contribution >= 4 is 27.6 Å². The molecule has 20 heavy (non-hydrogen) atoms. The molecule has 2 amide bonds. The summed E-state index contributed by atoms with van der Waals surface area (Å²) in [4.78, 5) is 16.3. The lowest BCUT2D eigenvalue weighted by Gasteiger charge is -2.41. The van der Waals surface area contributed by atoms with Gasteiger partial charge in [-0.15, -0.1) is 0 Å². The second-order valence-electron chi connectivity index (χ2n) is 5.69. The fourth-order valence-electron chi connectivity index (χ4n) is 2.73. The summed E-state index contributed by atoms with van der Waals surface area (Å²) in [5.41, 5.74) is 2.44. The molecule has 0 fully saturated rings. The highest BCUT2D eigenvalue weighted by molar-refractivity contribution is 9.09. The Morgan fingerprint density at radius 1 is 1.25 bits per heavy atom. The predicted molar refractivity (Wildman–Crippen MR) is 87.5 cm³/mol. The summed E-state index contributed by atoms with van der Waals surface area (Å²) in [6, 6.07) is 8.33. The van der Waals surface area contributed by atoms with Gasteiger partial charge in [0.25, 0.3) is 0 Å². The molecule has 3 nitrogen and oxygen atoms in total. The molecule has 0 aliphatic carbocycles. The lowest BCUT2D eigenvalue weighted by Crippen LogP contribution is -2.50. The van der Waals surface area contributed by atoms with Gasteiger partial charge in [0.2, 0.25) is 0 Å². The number of urea groups is 1. The van der Waals surface area contributed by atoms with E-state index in [1.165, 1.54) is 5.56 Å². The predicted octanol–water partition coefficient (Wildman–Crippen LogP) is 4.26. The van der Waals surface area contributed by atoms with Gasteiger partial charge in [0, 0.05) is 25.5 Å². The van der Waals surface area contributed by atoms with Crippen LogP contribution in [0, 0.1) is 5.41 Å². The Kier molecular flexibility index (Phi) is 4.74. The summed E-state index contributed by atoms with van der Waals surface area (Å²) in [5.74, 6) is 0. The van der Waals surface area contributed by atoms with E-state index in [-0.39, 0.29) is 11.4 Å². The maximum atomic E-state index is 12.6. The van der Waals surface area contributed by atoms with Crippen molar-refractivity contribution in [2.45, 2.75) is 33.2 Å². The molecule has 0 N–H and O–H groups in total. The molecular weight excluding hydrogens is 316 g/mol. The summed E-state index contributed by atoms with van der Waals surface area (Å²) in [6.07, 6.45) is 2.12. The van der Waals surface area contributed by atoms with E-state index in [0.29, 0.717) is 6.54 Å². The van der Waals surface area contributed by atoms with Gasteiger partial charge in [-0.25, -0.2) is 4.79 Å². The Morgan fingerprint density at radius 2 is 1.90 bits per heavy atom. The number of carbonyl (C=O) groups is 1. The molecule has 1 aromatic carbocycles. The van der Waals surface area contributed by atoms with Gasteiger partial charge in [-0.1, -0.05) is 48.0 Å². The smallest absolute Gasteiger partial charge is 0.323 e. The number of hydrogen-bond donors (Lipinski definition) is 0. The van der Waals surface area contributed by atoms with Gasteiger partial charge in [0.1, 0.15) is 0 Å². The van der Waals surface area contributed by atoms with Crippen LogP contribution in [0.1, 0.15) is 32.3 Å². The molecule has 1 heterocycles. The second-order valence-corrected chi connectivity index (χ2v) is 6.25. The molecule has 1 aliphatic rings. The Morgan fingerprint density at radius 3 is 2.50 bits per heavy atom. The standard InChI is InChI=1S/C16H23BrN2O/c1-4-16(5-2,11-17)12-19-14-9-7-6-8-13(14)10-18(3)15(19)20/h6-9H,4-5,10-12H2,1-3H3. The van der Waals surface area contributed by atoms with Crippen molar-refractivity contribution < 1.29 is 4.79 Å². The SMILES string of the molecule is CCC(CC)(CBr)CN1C(=O)N(C)Cc2ccccc21. The van der Waals surface area contributed by atoms with E-state index >= 15 is 0 Å². The minimum absolute atomic E-state index is 0.107. The summed E-state index contributed by atoms with van der Waals surface area (Å²) < 4.78 is 0. The molecule has 110 valence electrons. The molecule has 0 radical (unpaired) electrons. The molecule has 0 unspecified atom stereocenters. The number of para-hydroxylation sites is 1. The van der Waals surface area contributed by atoms with Crippen LogP contribution in [0.4, 0.5) is 10.5 Å². The van der Waals surface area contributed by atoms with Gasteiger partial charge in [-0.2, -0.15) is 0 Å². The lowest BCUT2D eigenvalue weighted by atomic mass is 9.83. The van der Waals surface area contributed by atoms with Crippen molar-refractivity contribution in [2.24, 2.45) is 5.41 Å². The van der Waals surface area contributed by atoms with Crippen LogP contribution >= 0.6 is 15.9 Å². The van der Waals surface area contributed by atoms with Gasteiger partial charge in [-0.05, 0) is 29.9 Å². The third kappa shape index (κ3) is 2.71. The van der Waals surface area contributed by atoms with Gasteiger partial charge in [0.05, 0.1) is 5.69 Å². The fourth-order valence-corrected chi connectivity index (χ4v) is 3.70. The van der Waals surface area contributed by atoms with E-state index in [0.717, 1.165) is 30.4 Å². The van der Waals surface area contributed by atoms with Crippen molar-refractivity contribution in [1.29, 1.82) is 0 Å². The molecule has 2 rings (SSSR count). The number of benzene rings is 1. The maximum absolute atomic E-state index is 12.6. The Labute approximate surface area is 130 Å². The van der Waals surface area contributed by atoms with Crippen LogP contribution in [-0.4, -0.2) is 29.9 Å². The third-order valence-corrected chi connectivity index (χ3v) is 5.71. The highest BCUT2D eigenvalue weighted by atomic mass is 79.9. The zero-order valence-corrected chi connectivity index (χ0v) is 14.1. The highest BCUT2D eigenvalue weighted by Crippen LogP contribution is 2.35. The minimum atomic E-state index is 0.107. The molecule has 0 spiro atoms. The van der Waals surface area contributed by atoms with E-state index in [9.17, 15) is 4.79 Å².